The van der Waals surface area contributed by atoms with Crippen molar-refractivity contribution in [3.05, 3.63) is 69.6 Å². The van der Waals surface area contributed by atoms with Crippen molar-refractivity contribution in [2.75, 3.05) is 12.4 Å². The molecular weight excluding hydrogens is 402 g/mol. The zero-order valence-corrected chi connectivity index (χ0v) is 17.0. The Morgan fingerprint density at radius 1 is 1.03 bits per heavy atom. The number of hydrogen-bond donors (Lipinski definition) is 2. The van der Waals surface area contributed by atoms with Crippen molar-refractivity contribution < 1.29 is 23.9 Å². The number of carbonyl (C=O) groups is 4. The Morgan fingerprint density at radius 2 is 1.74 bits per heavy atom. The number of H-pyrrole nitrogens is 1. The highest BCUT2D eigenvalue weighted by Crippen LogP contribution is 2.20. The molecule has 0 unspecified atom stereocenters. The first-order valence-electron chi connectivity index (χ1n) is 9.26. The van der Waals surface area contributed by atoms with Gasteiger partial charge in [0.1, 0.15) is 11.6 Å². The number of methoxy groups -OCH3 is 1. The van der Waals surface area contributed by atoms with Crippen LogP contribution < -0.4 is 10.9 Å². The van der Waals surface area contributed by atoms with Crippen LogP contribution in [0.1, 0.15) is 22.7 Å². The van der Waals surface area contributed by atoms with Crippen LogP contribution in [0.2, 0.25) is 0 Å². The molecule has 1 heterocycles. The van der Waals surface area contributed by atoms with Crippen LogP contribution in [0.25, 0.3) is 11.0 Å². The molecule has 9 heteroatoms. The van der Waals surface area contributed by atoms with Crippen LogP contribution in [0.5, 0.6) is 0 Å². The molecule has 0 spiro atoms. The number of aryl methyl sites for hydroxylation is 2. The summed E-state index contributed by atoms with van der Waals surface area (Å²) in [4.78, 5) is 69.3. The molecule has 0 aliphatic heterocycles. The number of fused-ring (bicyclic) bond motifs is 1. The average Bonchev–Trinajstić information content (AvgIpc) is 2.75. The summed E-state index contributed by atoms with van der Waals surface area (Å²) < 4.78 is 4.41. The highest BCUT2D eigenvalue weighted by Gasteiger charge is 2.40. The number of ether oxygens (including phenoxy) is 1. The van der Waals surface area contributed by atoms with Crippen molar-refractivity contribution in [2.24, 2.45) is 0 Å². The van der Waals surface area contributed by atoms with Crippen molar-refractivity contribution >= 4 is 40.2 Å². The van der Waals surface area contributed by atoms with Crippen LogP contribution in [0.15, 0.2) is 47.3 Å². The number of carbonyl (C=O) groups excluding carboxylic acids is 4. The molecule has 0 bridgehead atoms. The number of Topliss-reactive ketones (excluding diaryl/α,β-unsaturated/α-hetero) is 2. The third kappa shape index (κ3) is 4.40. The summed E-state index contributed by atoms with van der Waals surface area (Å²) in [6, 6.07) is 11.7. The van der Waals surface area contributed by atoms with Gasteiger partial charge in [0.25, 0.3) is 17.2 Å². The largest absolute Gasteiger partial charge is 0.463 e. The highest BCUT2D eigenvalue weighted by molar-refractivity contribution is 6.52. The smallest absolute Gasteiger partial charge is 0.375 e. The summed E-state index contributed by atoms with van der Waals surface area (Å²) in [6.45, 7) is 3.53. The quantitative estimate of drug-likeness (QED) is 0.350. The number of aromatic nitrogens is 2. The van der Waals surface area contributed by atoms with Crippen molar-refractivity contribution in [2.45, 2.75) is 19.8 Å². The lowest BCUT2D eigenvalue weighted by atomic mass is 9.94. The average molecular weight is 421 g/mol. The van der Waals surface area contributed by atoms with E-state index in [4.69, 9.17) is 0 Å². The Hall–Kier alpha value is -4.14. The van der Waals surface area contributed by atoms with Gasteiger partial charge in [0, 0.05) is 5.69 Å². The standard InChI is InChI=1S/C22H19N3O6/c1-11-8-9-12(2)15(10-11)25-21(29)18(26)16(19(27)22(30)31-3)17-20(28)24-14-7-5-4-6-13(14)23-17/h4-10,16H,1-3H3,(H,24,28)(H,25,29)/t16-/m0/s1. The summed E-state index contributed by atoms with van der Waals surface area (Å²) in [7, 11) is 0.954. The Labute approximate surface area is 176 Å². The number of aromatic amines is 1. The van der Waals surface area contributed by atoms with Gasteiger partial charge in [0.05, 0.1) is 18.1 Å². The molecule has 3 aromatic rings. The molecule has 0 saturated heterocycles. The van der Waals surface area contributed by atoms with Gasteiger partial charge in [-0.2, -0.15) is 0 Å². The number of esters is 1. The second-order valence-corrected chi connectivity index (χ2v) is 6.89. The monoisotopic (exact) mass is 421 g/mol. The predicted octanol–water partition coefficient (Wildman–Crippen LogP) is 1.57. The van der Waals surface area contributed by atoms with Crippen molar-refractivity contribution in [1.29, 1.82) is 0 Å². The first-order valence-corrected chi connectivity index (χ1v) is 9.26. The Balaban J connectivity index is 2.06. The van der Waals surface area contributed by atoms with Gasteiger partial charge in [-0.15, -0.1) is 0 Å². The molecule has 0 radical (unpaired) electrons. The van der Waals surface area contributed by atoms with Crippen molar-refractivity contribution in [3.63, 3.8) is 0 Å². The maximum absolute atomic E-state index is 13.0. The van der Waals surface area contributed by atoms with E-state index < -0.39 is 40.6 Å². The third-order valence-corrected chi connectivity index (χ3v) is 4.68. The van der Waals surface area contributed by atoms with Crippen molar-refractivity contribution in [1.82, 2.24) is 9.97 Å². The van der Waals surface area contributed by atoms with E-state index in [1.807, 2.05) is 6.07 Å². The van der Waals surface area contributed by atoms with Crippen LogP contribution >= 0.6 is 0 Å². The first kappa shape index (κ1) is 21.6. The molecule has 3 rings (SSSR count). The predicted molar refractivity (Wildman–Crippen MR) is 112 cm³/mol. The van der Waals surface area contributed by atoms with Crippen molar-refractivity contribution in [3.8, 4) is 0 Å². The van der Waals surface area contributed by atoms with E-state index in [9.17, 15) is 24.0 Å². The number of rotatable bonds is 6. The number of ketones is 2. The zero-order valence-electron chi connectivity index (χ0n) is 17.0. The SMILES string of the molecule is COC(=O)C(=O)[C@H](C(=O)C(=O)Nc1cc(C)ccc1C)c1nc2ccccc2[nH]c1=O. The molecule has 0 fully saturated rings. The second-order valence-electron chi connectivity index (χ2n) is 6.89. The molecule has 0 saturated carbocycles. The number of para-hydroxylation sites is 2. The van der Waals surface area contributed by atoms with E-state index in [1.165, 1.54) is 0 Å². The summed E-state index contributed by atoms with van der Waals surface area (Å²) >= 11 is 0. The Morgan fingerprint density at radius 3 is 2.45 bits per heavy atom. The summed E-state index contributed by atoms with van der Waals surface area (Å²) in [5.41, 5.74) is 1.11. The molecule has 1 aromatic heterocycles. The Bertz CT molecular complexity index is 1280. The molecule has 0 aliphatic rings. The van der Waals surface area contributed by atoms with Gasteiger partial charge in [-0.25, -0.2) is 9.78 Å². The topological polar surface area (TPSA) is 135 Å². The zero-order chi connectivity index (χ0) is 22.7. The number of benzene rings is 2. The van der Waals surface area contributed by atoms with E-state index in [1.54, 1.807) is 50.2 Å². The normalized spacial score (nSPS) is 11.6. The summed E-state index contributed by atoms with van der Waals surface area (Å²) in [5, 5.41) is 2.44. The first-order chi connectivity index (χ1) is 14.7. The fraction of sp³-hybridized carbons (Fsp3) is 0.182. The van der Waals surface area contributed by atoms with E-state index in [2.05, 4.69) is 20.0 Å². The lowest BCUT2D eigenvalue weighted by molar-refractivity contribution is -0.154. The maximum Gasteiger partial charge on any atom is 0.375 e. The fourth-order valence-electron chi connectivity index (χ4n) is 3.01. The van der Waals surface area contributed by atoms with E-state index in [0.717, 1.165) is 12.7 Å². The molecule has 1 atom stereocenters. The number of anilines is 1. The van der Waals surface area contributed by atoms with Gasteiger partial charge >= 0.3 is 5.97 Å². The van der Waals surface area contributed by atoms with E-state index in [0.29, 0.717) is 16.8 Å². The molecule has 2 N–H and O–H groups in total. The third-order valence-electron chi connectivity index (χ3n) is 4.68. The number of amides is 1. The molecule has 158 valence electrons. The molecular formula is C22H19N3O6. The van der Waals surface area contributed by atoms with E-state index >= 15 is 0 Å². The molecule has 2 aromatic carbocycles. The fourth-order valence-corrected chi connectivity index (χ4v) is 3.01. The van der Waals surface area contributed by atoms with Gasteiger partial charge in [-0.1, -0.05) is 24.3 Å². The summed E-state index contributed by atoms with van der Waals surface area (Å²) in [5.74, 6) is -7.25. The van der Waals surface area contributed by atoms with E-state index in [-0.39, 0.29) is 5.52 Å². The van der Waals surface area contributed by atoms with Crippen LogP contribution in [0.4, 0.5) is 5.69 Å². The van der Waals surface area contributed by atoms with Gasteiger partial charge in [0.2, 0.25) is 5.78 Å². The minimum atomic E-state index is -2.05. The Kier molecular flexibility index (Phi) is 6.05. The summed E-state index contributed by atoms with van der Waals surface area (Å²) in [6.07, 6.45) is 0. The van der Waals surface area contributed by atoms with Crippen LogP contribution in [-0.4, -0.2) is 40.5 Å². The van der Waals surface area contributed by atoms with Crippen LogP contribution in [0, 0.1) is 13.8 Å². The number of nitrogens with one attached hydrogen (secondary N) is 2. The van der Waals surface area contributed by atoms with Gasteiger partial charge in [-0.05, 0) is 43.2 Å². The van der Waals surface area contributed by atoms with Gasteiger partial charge in [0.15, 0.2) is 0 Å². The lowest BCUT2D eigenvalue weighted by Gasteiger charge is -2.14. The molecule has 1 amide bonds. The van der Waals surface area contributed by atoms with Gasteiger partial charge in [-0.3, -0.25) is 19.2 Å². The maximum atomic E-state index is 13.0. The second kappa shape index (κ2) is 8.70. The van der Waals surface area contributed by atoms with Gasteiger partial charge < -0.3 is 15.0 Å². The minimum absolute atomic E-state index is 0.280. The minimum Gasteiger partial charge on any atom is -0.463 e. The number of nitrogens with zero attached hydrogens (tertiary/aromatic N) is 1. The van der Waals surface area contributed by atoms with Crippen LogP contribution in [0.3, 0.4) is 0 Å². The number of hydrogen-bond acceptors (Lipinski definition) is 7. The molecule has 31 heavy (non-hydrogen) atoms. The highest BCUT2D eigenvalue weighted by atomic mass is 16.5. The lowest BCUT2D eigenvalue weighted by Crippen LogP contribution is -2.39. The van der Waals surface area contributed by atoms with Crippen LogP contribution in [-0.2, 0) is 23.9 Å². The molecule has 9 nitrogen and oxygen atoms in total. The molecule has 0 aliphatic carbocycles.